The number of pyridine rings is 1. The first-order chi connectivity index (χ1) is 6.86. The topological polar surface area (TPSA) is 71.2 Å². The Bertz CT molecular complexity index is 253. The molecule has 0 aromatic carbocycles. The van der Waals surface area contributed by atoms with Crippen molar-refractivity contribution < 1.29 is 5.11 Å². The summed E-state index contributed by atoms with van der Waals surface area (Å²) in [6.45, 7) is 0.265. The maximum Gasteiger partial charge on any atom is 0.139 e. The molecule has 1 aromatic heterocycles. The number of aromatic nitrogens is 1. The number of hydrazine groups is 1. The zero-order valence-corrected chi connectivity index (χ0v) is 8.76. The van der Waals surface area contributed by atoms with Gasteiger partial charge in [0.05, 0.1) is 0 Å². The second-order valence-corrected chi connectivity index (χ2v) is 3.93. The summed E-state index contributed by atoms with van der Waals surface area (Å²) in [6, 6.07) is 3.84. The van der Waals surface area contributed by atoms with Gasteiger partial charge >= 0.3 is 0 Å². The molecule has 0 bridgehead atoms. The number of nitrogens with two attached hydrogens (primary N) is 1. The van der Waals surface area contributed by atoms with Crippen molar-refractivity contribution in [2.75, 3.05) is 17.8 Å². The Morgan fingerprint density at radius 3 is 2.93 bits per heavy atom. The number of hydrogen-bond acceptors (Lipinski definition) is 5. The van der Waals surface area contributed by atoms with Gasteiger partial charge in [-0.05, 0) is 23.8 Å². The smallest absolute Gasteiger partial charge is 0.139 e. The molecule has 14 heavy (non-hydrogen) atoms. The number of nitrogens with one attached hydrogen (secondary N) is 1. The van der Waals surface area contributed by atoms with Gasteiger partial charge in [0.15, 0.2) is 0 Å². The van der Waals surface area contributed by atoms with Crippen LogP contribution in [0.5, 0.6) is 0 Å². The Hall–Kier alpha value is -0.780. The standard InChI is InChI=1S/C9H15N3OS/c10-12-9-3-2-8(6-11-9)7-14-5-1-4-13/h2-3,6,13H,1,4-5,7,10H2,(H,11,12). The van der Waals surface area contributed by atoms with Crippen LogP contribution in [0.25, 0.3) is 0 Å². The van der Waals surface area contributed by atoms with E-state index in [1.165, 1.54) is 5.56 Å². The first kappa shape index (κ1) is 11.3. The average molecular weight is 213 g/mol. The molecule has 0 atom stereocenters. The lowest BCUT2D eigenvalue weighted by Gasteiger charge is -2.02. The molecule has 1 aromatic rings. The van der Waals surface area contributed by atoms with E-state index in [-0.39, 0.29) is 6.61 Å². The van der Waals surface area contributed by atoms with Crippen molar-refractivity contribution in [3.8, 4) is 0 Å². The molecule has 0 aliphatic heterocycles. The second-order valence-electron chi connectivity index (χ2n) is 2.83. The predicted octanol–water partition coefficient (Wildman–Crippen LogP) is 0.983. The van der Waals surface area contributed by atoms with Gasteiger partial charge < -0.3 is 10.5 Å². The summed E-state index contributed by atoms with van der Waals surface area (Å²) in [5, 5.41) is 8.58. The Morgan fingerprint density at radius 2 is 2.36 bits per heavy atom. The van der Waals surface area contributed by atoms with Crippen LogP contribution >= 0.6 is 11.8 Å². The molecule has 0 saturated heterocycles. The molecule has 0 unspecified atom stereocenters. The third-order valence-electron chi connectivity index (χ3n) is 1.69. The number of aliphatic hydroxyl groups is 1. The Balaban J connectivity index is 2.29. The van der Waals surface area contributed by atoms with Crippen molar-refractivity contribution in [1.29, 1.82) is 0 Å². The molecule has 4 N–H and O–H groups in total. The first-order valence-electron chi connectivity index (χ1n) is 4.47. The van der Waals surface area contributed by atoms with E-state index in [1.54, 1.807) is 18.0 Å². The lowest BCUT2D eigenvalue weighted by molar-refractivity contribution is 0.296. The zero-order valence-electron chi connectivity index (χ0n) is 7.94. The maximum absolute atomic E-state index is 8.58. The Morgan fingerprint density at radius 1 is 1.50 bits per heavy atom. The van der Waals surface area contributed by atoms with Crippen LogP contribution in [0.15, 0.2) is 18.3 Å². The van der Waals surface area contributed by atoms with Crippen molar-refractivity contribution in [2.24, 2.45) is 5.84 Å². The number of rotatable bonds is 6. The van der Waals surface area contributed by atoms with Crippen LogP contribution in [0.3, 0.4) is 0 Å². The van der Waals surface area contributed by atoms with Crippen molar-refractivity contribution in [2.45, 2.75) is 12.2 Å². The van der Waals surface area contributed by atoms with Gasteiger partial charge in [-0.15, -0.1) is 0 Å². The van der Waals surface area contributed by atoms with Crippen LogP contribution in [0.2, 0.25) is 0 Å². The fourth-order valence-electron chi connectivity index (χ4n) is 0.952. The van der Waals surface area contributed by atoms with Gasteiger partial charge in [0.1, 0.15) is 5.82 Å². The van der Waals surface area contributed by atoms with Gasteiger partial charge in [-0.2, -0.15) is 11.8 Å². The molecule has 1 rings (SSSR count). The summed E-state index contributed by atoms with van der Waals surface area (Å²) in [7, 11) is 0. The van der Waals surface area contributed by atoms with Crippen LogP contribution in [-0.4, -0.2) is 22.5 Å². The Labute approximate surface area is 87.9 Å². The van der Waals surface area contributed by atoms with Gasteiger partial charge in [0.2, 0.25) is 0 Å². The summed E-state index contributed by atoms with van der Waals surface area (Å²) in [6.07, 6.45) is 2.65. The molecule has 0 amide bonds. The van der Waals surface area contributed by atoms with Crippen molar-refractivity contribution in [1.82, 2.24) is 4.98 Å². The number of hydrogen-bond donors (Lipinski definition) is 3. The quantitative estimate of drug-likeness (QED) is 0.373. The van der Waals surface area contributed by atoms with Crippen molar-refractivity contribution in [3.63, 3.8) is 0 Å². The fourth-order valence-corrected chi connectivity index (χ4v) is 1.84. The molecule has 0 radical (unpaired) electrons. The van der Waals surface area contributed by atoms with E-state index in [0.29, 0.717) is 5.82 Å². The van der Waals surface area contributed by atoms with Crippen molar-refractivity contribution in [3.05, 3.63) is 23.9 Å². The number of aliphatic hydroxyl groups excluding tert-OH is 1. The summed E-state index contributed by atoms with van der Waals surface area (Å²) in [5.41, 5.74) is 3.65. The molecule has 5 heteroatoms. The second kappa shape index (κ2) is 6.64. The maximum atomic E-state index is 8.58. The summed E-state index contributed by atoms with van der Waals surface area (Å²) in [5.74, 6) is 7.78. The van der Waals surface area contributed by atoms with Gasteiger partial charge in [-0.25, -0.2) is 10.8 Å². The number of thioether (sulfide) groups is 1. The largest absolute Gasteiger partial charge is 0.396 e. The van der Waals surface area contributed by atoms with Gasteiger partial charge in [0, 0.05) is 18.6 Å². The van der Waals surface area contributed by atoms with Gasteiger partial charge in [-0.1, -0.05) is 6.07 Å². The Kier molecular flexibility index (Phi) is 5.36. The van der Waals surface area contributed by atoms with Crippen molar-refractivity contribution >= 4 is 17.6 Å². The van der Waals surface area contributed by atoms with E-state index in [2.05, 4.69) is 10.4 Å². The molecule has 78 valence electrons. The minimum atomic E-state index is 0.265. The number of anilines is 1. The van der Waals surface area contributed by atoms with E-state index in [0.717, 1.165) is 17.9 Å². The number of nitrogen functional groups attached to an aromatic ring is 1. The van der Waals surface area contributed by atoms with E-state index in [1.807, 2.05) is 12.1 Å². The molecule has 0 saturated carbocycles. The molecular formula is C9H15N3OS. The summed E-state index contributed by atoms with van der Waals surface area (Å²) in [4.78, 5) is 4.10. The van der Waals surface area contributed by atoms with E-state index in [4.69, 9.17) is 10.9 Å². The normalized spacial score (nSPS) is 10.1. The minimum absolute atomic E-state index is 0.265. The zero-order chi connectivity index (χ0) is 10.2. The summed E-state index contributed by atoms with van der Waals surface area (Å²) >= 11 is 1.79. The van der Waals surface area contributed by atoms with Gasteiger partial charge in [0.25, 0.3) is 0 Å². The average Bonchev–Trinajstić information content (AvgIpc) is 2.25. The van der Waals surface area contributed by atoms with Crippen LogP contribution in [-0.2, 0) is 5.75 Å². The highest BCUT2D eigenvalue weighted by atomic mass is 32.2. The molecule has 1 heterocycles. The van der Waals surface area contributed by atoms with Crippen LogP contribution in [0.4, 0.5) is 5.82 Å². The number of nitrogens with zero attached hydrogens (tertiary/aromatic N) is 1. The van der Waals surface area contributed by atoms with E-state index < -0.39 is 0 Å². The van der Waals surface area contributed by atoms with E-state index in [9.17, 15) is 0 Å². The molecule has 0 aliphatic rings. The minimum Gasteiger partial charge on any atom is -0.396 e. The molecule has 4 nitrogen and oxygen atoms in total. The van der Waals surface area contributed by atoms with Crippen LogP contribution in [0.1, 0.15) is 12.0 Å². The van der Waals surface area contributed by atoms with Crippen LogP contribution < -0.4 is 11.3 Å². The lowest BCUT2D eigenvalue weighted by Crippen LogP contribution is -2.08. The molecule has 0 fully saturated rings. The lowest BCUT2D eigenvalue weighted by atomic mass is 10.3. The fraction of sp³-hybridized carbons (Fsp3) is 0.444. The molecule has 0 spiro atoms. The highest BCUT2D eigenvalue weighted by molar-refractivity contribution is 7.98. The van der Waals surface area contributed by atoms with Crippen LogP contribution in [0, 0.1) is 0 Å². The molecular weight excluding hydrogens is 198 g/mol. The highest BCUT2D eigenvalue weighted by Gasteiger charge is 1.95. The highest BCUT2D eigenvalue weighted by Crippen LogP contribution is 2.13. The predicted molar refractivity (Wildman–Crippen MR) is 59.9 cm³/mol. The SMILES string of the molecule is NNc1ccc(CSCCCO)cn1. The van der Waals surface area contributed by atoms with E-state index >= 15 is 0 Å². The van der Waals surface area contributed by atoms with Gasteiger partial charge in [-0.3, -0.25) is 0 Å². The summed E-state index contributed by atoms with van der Waals surface area (Å²) < 4.78 is 0. The molecule has 0 aliphatic carbocycles. The monoisotopic (exact) mass is 213 g/mol. The third kappa shape index (κ3) is 3.95. The third-order valence-corrected chi connectivity index (χ3v) is 2.80. The first-order valence-corrected chi connectivity index (χ1v) is 5.62.